The molecule has 0 radical (unpaired) electrons. The molecule has 1 aromatic heterocycles. The largest absolute Gasteiger partial charge is 0.463 e. The monoisotopic (exact) mass is 207 g/mol. The zero-order valence-electron chi connectivity index (χ0n) is 8.77. The third-order valence-electron chi connectivity index (χ3n) is 1.88. The molecule has 0 N–H and O–H groups in total. The summed E-state index contributed by atoms with van der Waals surface area (Å²) < 4.78 is 6.50. The molecule has 0 unspecified atom stereocenters. The number of carbonyl (C=O) groups excluding carboxylic acids is 2. The van der Waals surface area contributed by atoms with Crippen LogP contribution in [0.15, 0.2) is 18.3 Å². The molecule has 0 amide bonds. The van der Waals surface area contributed by atoms with Gasteiger partial charge in [0.05, 0.1) is 6.61 Å². The van der Waals surface area contributed by atoms with Crippen molar-refractivity contribution in [3.8, 4) is 0 Å². The van der Waals surface area contributed by atoms with Crippen LogP contribution in [0.1, 0.15) is 23.0 Å². The molecule has 0 aromatic carbocycles. The fourth-order valence-corrected chi connectivity index (χ4v) is 1.18. The highest BCUT2D eigenvalue weighted by Crippen LogP contribution is 2.07. The Morgan fingerprint density at radius 1 is 1.60 bits per heavy atom. The zero-order valence-corrected chi connectivity index (χ0v) is 8.77. The van der Waals surface area contributed by atoms with Gasteiger partial charge >= 0.3 is 5.97 Å². The number of hydrogen-bond donors (Lipinski definition) is 0. The lowest BCUT2D eigenvalue weighted by Crippen LogP contribution is -1.99. The summed E-state index contributed by atoms with van der Waals surface area (Å²) in [5.74, 6) is -0.383. The number of nitrogens with zero attached hydrogens (tertiary/aromatic N) is 1. The maximum absolute atomic E-state index is 11.0. The minimum Gasteiger partial charge on any atom is -0.463 e. The van der Waals surface area contributed by atoms with E-state index < -0.39 is 0 Å². The van der Waals surface area contributed by atoms with E-state index >= 15 is 0 Å². The number of esters is 1. The molecule has 0 bridgehead atoms. The lowest BCUT2D eigenvalue weighted by atomic mass is 10.3. The molecule has 4 heteroatoms. The van der Waals surface area contributed by atoms with Gasteiger partial charge in [0.1, 0.15) is 0 Å². The van der Waals surface area contributed by atoms with Gasteiger partial charge in [-0.15, -0.1) is 0 Å². The Labute approximate surface area is 88.2 Å². The van der Waals surface area contributed by atoms with Crippen molar-refractivity contribution in [1.82, 2.24) is 4.57 Å². The molecule has 0 aliphatic carbocycles. The number of ether oxygens (including phenoxy) is 1. The average molecular weight is 207 g/mol. The molecule has 0 atom stereocenters. The molecule has 4 nitrogen and oxygen atoms in total. The van der Waals surface area contributed by atoms with Crippen molar-refractivity contribution in [2.24, 2.45) is 7.05 Å². The molecule has 0 aliphatic rings. The molecule has 80 valence electrons. The summed E-state index contributed by atoms with van der Waals surface area (Å²) in [7, 11) is 1.80. The van der Waals surface area contributed by atoms with E-state index in [0.717, 1.165) is 12.0 Å². The standard InChI is InChI=1S/C11H13NO3/c1-3-15-11(14)5-4-10-6-9(8-13)7-12(10)2/h4-8H,3H2,1-2H3. The van der Waals surface area contributed by atoms with E-state index in [1.165, 1.54) is 6.08 Å². The number of aldehydes is 1. The van der Waals surface area contributed by atoms with Gasteiger partial charge in [-0.25, -0.2) is 4.79 Å². The van der Waals surface area contributed by atoms with E-state index in [4.69, 9.17) is 4.74 Å². The fourth-order valence-electron chi connectivity index (χ4n) is 1.18. The second kappa shape index (κ2) is 5.14. The molecule has 0 spiro atoms. The highest BCUT2D eigenvalue weighted by atomic mass is 16.5. The predicted molar refractivity (Wildman–Crippen MR) is 56.5 cm³/mol. The number of rotatable bonds is 4. The molecule has 0 saturated carbocycles. The Bertz CT molecular complexity index is 391. The second-order valence-corrected chi connectivity index (χ2v) is 3.01. The first-order chi connectivity index (χ1) is 7.17. The van der Waals surface area contributed by atoms with Crippen LogP contribution in [0.4, 0.5) is 0 Å². The van der Waals surface area contributed by atoms with Crippen LogP contribution in [0.2, 0.25) is 0 Å². The van der Waals surface area contributed by atoms with Crippen LogP contribution >= 0.6 is 0 Å². The molecule has 15 heavy (non-hydrogen) atoms. The Kier molecular flexibility index (Phi) is 3.85. The topological polar surface area (TPSA) is 48.3 Å². The van der Waals surface area contributed by atoms with Gasteiger partial charge in [-0.3, -0.25) is 4.79 Å². The molecule has 0 aliphatic heterocycles. The molecule has 0 fully saturated rings. The molecular formula is C11H13NO3. The van der Waals surface area contributed by atoms with E-state index in [9.17, 15) is 9.59 Å². The first-order valence-electron chi connectivity index (χ1n) is 4.63. The number of aryl methyl sites for hydroxylation is 1. The highest BCUT2D eigenvalue weighted by molar-refractivity contribution is 5.87. The van der Waals surface area contributed by atoms with Crippen molar-refractivity contribution in [2.75, 3.05) is 6.61 Å². The van der Waals surface area contributed by atoms with Gasteiger partial charge in [0.15, 0.2) is 6.29 Å². The summed E-state index contributed by atoms with van der Waals surface area (Å²) >= 11 is 0. The summed E-state index contributed by atoms with van der Waals surface area (Å²) in [4.78, 5) is 21.5. The zero-order chi connectivity index (χ0) is 11.3. The van der Waals surface area contributed by atoms with Crippen LogP contribution in [-0.2, 0) is 16.6 Å². The van der Waals surface area contributed by atoms with Gasteiger partial charge < -0.3 is 9.30 Å². The molecule has 1 rings (SSSR count). The van der Waals surface area contributed by atoms with Crippen molar-refractivity contribution in [3.63, 3.8) is 0 Å². The number of carbonyl (C=O) groups is 2. The molecule has 0 saturated heterocycles. The van der Waals surface area contributed by atoms with Gasteiger partial charge in [-0.05, 0) is 19.1 Å². The first kappa shape index (κ1) is 11.2. The van der Waals surface area contributed by atoms with E-state index in [2.05, 4.69) is 0 Å². The highest BCUT2D eigenvalue weighted by Gasteiger charge is 2.00. The maximum Gasteiger partial charge on any atom is 0.330 e. The Morgan fingerprint density at radius 3 is 2.87 bits per heavy atom. The Balaban J connectivity index is 2.75. The van der Waals surface area contributed by atoms with Crippen LogP contribution < -0.4 is 0 Å². The van der Waals surface area contributed by atoms with Gasteiger partial charge in [0.25, 0.3) is 0 Å². The van der Waals surface area contributed by atoms with Crippen LogP contribution in [0, 0.1) is 0 Å². The van der Waals surface area contributed by atoms with Gasteiger partial charge in [0.2, 0.25) is 0 Å². The van der Waals surface area contributed by atoms with Crippen molar-refractivity contribution < 1.29 is 14.3 Å². The molecule has 1 heterocycles. The number of hydrogen-bond acceptors (Lipinski definition) is 3. The van der Waals surface area contributed by atoms with Gasteiger partial charge in [-0.1, -0.05) is 0 Å². The quantitative estimate of drug-likeness (QED) is 0.426. The first-order valence-corrected chi connectivity index (χ1v) is 4.63. The van der Waals surface area contributed by atoms with Crippen LogP contribution in [0.3, 0.4) is 0 Å². The lowest BCUT2D eigenvalue weighted by Gasteiger charge is -1.96. The Hall–Kier alpha value is -1.84. The normalized spacial score (nSPS) is 10.5. The van der Waals surface area contributed by atoms with Crippen molar-refractivity contribution in [2.45, 2.75) is 6.92 Å². The SMILES string of the molecule is CCOC(=O)C=Cc1cc(C=O)cn1C. The van der Waals surface area contributed by atoms with Gasteiger partial charge in [-0.2, -0.15) is 0 Å². The Morgan fingerprint density at radius 2 is 2.33 bits per heavy atom. The predicted octanol–water partition coefficient (Wildman–Crippen LogP) is 1.41. The summed E-state index contributed by atoms with van der Waals surface area (Å²) in [5, 5.41) is 0. The van der Waals surface area contributed by atoms with Crippen molar-refractivity contribution in [3.05, 3.63) is 29.6 Å². The molecule has 1 aromatic rings. The minimum absolute atomic E-state index is 0.357. The smallest absolute Gasteiger partial charge is 0.330 e. The average Bonchev–Trinajstić information content (AvgIpc) is 2.57. The summed E-state index contributed by atoms with van der Waals surface area (Å²) in [6.45, 7) is 2.11. The van der Waals surface area contributed by atoms with E-state index in [-0.39, 0.29) is 5.97 Å². The van der Waals surface area contributed by atoms with E-state index in [0.29, 0.717) is 12.2 Å². The third-order valence-corrected chi connectivity index (χ3v) is 1.88. The van der Waals surface area contributed by atoms with Crippen molar-refractivity contribution >= 4 is 18.3 Å². The third kappa shape index (κ3) is 3.09. The van der Waals surface area contributed by atoms with Crippen LogP contribution in [-0.4, -0.2) is 23.4 Å². The molecular weight excluding hydrogens is 194 g/mol. The second-order valence-electron chi connectivity index (χ2n) is 3.01. The van der Waals surface area contributed by atoms with Gasteiger partial charge in [0, 0.05) is 30.6 Å². The summed E-state index contributed by atoms with van der Waals surface area (Å²) in [5.41, 5.74) is 1.37. The lowest BCUT2D eigenvalue weighted by molar-refractivity contribution is -0.137. The number of aromatic nitrogens is 1. The fraction of sp³-hybridized carbons (Fsp3) is 0.273. The van der Waals surface area contributed by atoms with E-state index in [1.807, 2.05) is 0 Å². The van der Waals surface area contributed by atoms with Crippen LogP contribution in [0.5, 0.6) is 0 Å². The van der Waals surface area contributed by atoms with Crippen LogP contribution in [0.25, 0.3) is 6.08 Å². The summed E-state index contributed by atoms with van der Waals surface area (Å²) in [6.07, 6.45) is 5.41. The van der Waals surface area contributed by atoms with E-state index in [1.54, 1.807) is 36.9 Å². The minimum atomic E-state index is -0.383. The maximum atomic E-state index is 11.0. The van der Waals surface area contributed by atoms with Crippen molar-refractivity contribution in [1.29, 1.82) is 0 Å². The summed E-state index contributed by atoms with van der Waals surface area (Å²) in [6, 6.07) is 1.70.